The maximum atomic E-state index is 11.9. The standard InChI is InChI=1S/C15H21NO2/c1-2-16-9-7-13(17)11-12-8-10-18-15-6-4-3-5-14(12)15/h3-6,12,16H,2,7-11H2,1H3. The molecule has 2 rings (SSSR count). The van der Waals surface area contributed by atoms with Gasteiger partial charge in [-0.3, -0.25) is 4.79 Å². The smallest absolute Gasteiger partial charge is 0.134 e. The minimum Gasteiger partial charge on any atom is -0.493 e. The number of benzene rings is 1. The number of Topliss-reactive ketones (excluding diaryl/α,β-unsaturated/α-hetero) is 1. The van der Waals surface area contributed by atoms with Gasteiger partial charge < -0.3 is 10.1 Å². The highest BCUT2D eigenvalue weighted by molar-refractivity contribution is 5.79. The van der Waals surface area contributed by atoms with Crippen molar-refractivity contribution in [2.24, 2.45) is 0 Å². The molecule has 1 aliphatic heterocycles. The lowest BCUT2D eigenvalue weighted by Gasteiger charge is -2.25. The van der Waals surface area contributed by atoms with Gasteiger partial charge in [-0.1, -0.05) is 25.1 Å². The Morgan fingerprint density at radius 3 is 3.11 bits per heavy atom. The van der Waals surface area contributed by atoms with Crippen molar-refractivity contribution in [1.82, 2.24) is 5.32 Å². The summed E-state index contributed by atoms with van der Waals surface area (Å²) in [7, 11) is 0. The molecule has 1 atom stereocenters. The van der Waals surface area contributed by atoms with Crippen LogP contribution in [0.15, 0.2) is 24.3 Å². The molecule has 0 aliphatic carbocycles. The van der Waals surface area contributed by atoms with Crippen LogP contribution in [0, 0.1) is 0 Å². The fraction of sp³-hybridized carbons (Fsp3) is 0.533. The Morgan fingerprint density at radius 1 is 1.44 bits per heavy atom. The Kier molecular flexibility index (Phi) is 4.76. The van der Waals surface area contributed by atoms with Crippen molar-refractivity contribution >= 4 is 5.78 Å². The molecule has 1 heterocycles. The molecular formula is C15H21NO2. The van der Waals surface area contributed by atoms with Crippen molar-refractivity contribution < 1.29 is 9.53 Å². The first-order chi connectivity index (χ1) is 8.81. The molecule has 0 spiro atoms. The number of nitrogens with one attached hydrogen (secondary N) is 1. The molecule has 18 heavy (non-hydrogen) atoms. The number of hydrogen-bond acceptors (Lipinski definition) is 3. The van der Waals surface area contributed by atoms with Gasteiger partial charge in [0.05, 0.1) is 6.61 Å². The zero-order valence-electron chi connectivity index (χ0n) is 10.9. The monoisotopic (exact) mass is 247 g/mol. The molecule has 98 valence electrons. The third-order valence-corrected chi connectivity index (χ3v) is 3.39. The lowest BCUT2D eigenvalue weighted by Crippen LogP contribution is -2.20. The molecule has 0 aromatic heterocycles. The first-order valence-corrected chi connectivity index (χ1v) is 6.75. The summed E-state index contributed by atoms with van der Waals surface area (Å²) in [4.78, 5) is 11.9. The summed E-state index contributed by atoms with van der Waals surface area (Å²) in [6.07, 6.45) is 2.23. The molecule has 0 saturated carbocycles. The second-order valence-electron chi connectivity index (χ2n) is 4.72. The molecule has 1 aromatic carbocycles. The normalized spacial score (nSPS) is 17.9. The van der Waals surface area contributed by atoms with Crippen LogP contribution in [0.4, 0.5) is 0 Å². The van der Waals surface area contributed by atoms with E-state index in [2.05, 4.69) is 18.3 Å². The summed E-state index contributed by atoms with van der Waals surface area (Å²) >= 11 is 0. The molecule has 3 heteroatoms. The molecule has 3 nitrogen and oxygen atoms in total. The van der Waals surface area contributed by atoms with Crippen molar-refractivity contribution in [2.75, 3.05) is 19.7 Å². The van der Waals surface area contributed by atoms with Gasteiger partial charge in [0, 0.05) is 19.4 Å². The molecule has 0 saturated heterocycles. The van der Waals surface area contributed by atoms with Gasteiger partial charge in [0.15, 0.2) is 0 Å². The van der Waals surface area contributed by atoms with Crippen LogP contribution in [0.2, 0.25) is 0 Å². The topological polar surface area (TPSA) is 38.3 Å². The fourth-order valence-electron chi connectivity index (χ4n) is 2.41. The van der Waals surface area contributed by atoms with Crippen LogP contribution in [0.1, 0.15) is 37.7 Å². The summed E-state index contributed by atoms with van der Waals surface area (Å²) in [5.41, 5.74) is 1.19. The van der Waals surface area contributed by atoms with Crippen LogP contribution in [0.5, 0.6) is 5.75 Å². The van der Waals surface area contributed by atoms with Crippen LogP contribution < -0.4 is 10.1 Å². The number of carbonyl (C=O) groups is 1. The zero-order valence-corrected chi connectivity index (χ0v) is 10.9. The Labute approximate surface area is 109 Å². The Bertz CT molecular complexity index is 403. The molecular weight excluding hydrogens is 226 g/mol. The minimum absolute atomic E-state index is 0.337. The molecule has 1 N–H and O–H groups in total. The third kappa shape index (κ3) is 3.33. The lowest BCUT2D eigenvalue weighted by molar-refractivity contribution is -0.119. The maximum absolute atomic E-state index is 11.9. The Morgan fingerprint density at radius 2 is 2.28 bits per heavy atom. The number of rotatable bonds is 6. The summed E-state index contributed by atoms with van der Waals surface area (Å²) in [5, 5.41) is 3.19. The Balaban J connectivity index is 1.92. The fourth-order valence-corrected chi connectivity index (χ4v) is 2.41. The summed E-state index contributed by atoms with van der Waals surface area (Å²) < 4.78 is 5.61. The first-order valence-electron chi connectivity index (χ1n) is 6.75. The number of hydrogen-bond donors (Lipinski definition) is 1. The molecule has 1 aliphatic rings. The predicted molar refractivity (Wildman–Crippen MR) is 72.1 cm³/mol. The van der Waals surface area contributed by atoms with E-state index in [4.69, 9.17) is 4.74 Å². The van der Waals surface area contributed by atoms with E-state index < -0.39 is 0 Å². The van der Waals surface area contributed by atoms with Crippen molar-refractivity contribution in [3.8, 4) is 5.75 Å². The average Bonchev–Trinajstić information content (AvgIpc) is 2.39. The van der Waals surface area contributed by atoms with Crippen LogP contribution in [-0.2, 0) is 4.79 Å². The van der Waals surface area contributed by atoms with E-state index in [1.165, 1.54) is 5.56 Å². The third-order valence-electron chi connectivity index (χ3n) is 3.39. The van der Waals surface area contributed by atoms with E-state index in [1.54, 1.807) is 0 Å². The second-order valence-corrected chi connectivity index (χ2v) is 4.72. The highest BCUT2D eigenvalue weighted by atomic mass is 16.5. The van der Waals surface area contributed by atoms with Crippen LogP contribution in [0.3, 0.4) is 0 Å². The van der Waals surface area contributed by atoms with Crippen molar-refractivity contribution in [3.05, 3.63) is 29.8 Å². The van der Waals surface area contributed by atoms with E-state index in [9.17, 15) is 4.79 Å². The van der Waals surface area contributed by atoms with Crippen LogP contribution in [0.25, 0.3) is 0 Å². The first kappa shape index (κ1) is 13.1. The van der Waals surface area contributed by atoms with Crippen molar-refractivity contribution in [1.29, 1.82) is 0 Å². The summed E-state index contributed by atoms with van der Waals surface area (Å²) in [6, 6.07) is 8.07. The van der Waals surface area contributed by atoms with E-state index in [1.807, 2.05) is 18.2 Å². The van der Waals surface area contributed by atoms with Crippen LogP contribution in [-0.4, -0.2) is 25.5 Å². The minimum atomic E-state index is 0.337. The van der Waals surface area contributed by atoms with E-state index >= 15 is 0 Å². The second kappa shape index (κ2) is 6.55. The van der Waals surface area contributed by atoms with Crippen molar-refractivity contribution in [3.63, 3.8) is 0 Å². The van der Waals surface area contributed by atoms with Crippen molar-refractivity contribution in [2.45, 2.75) is 32.1 Å². The molecule has 0 amide bonds. The SMILES string of the molecule is CCNCCC(=O)CC1CCOc2ccccc21. The van der Waals surface area contributed by atoms with Gasteiger partial charge in [-0.05, 0) is 30.5 Å². The van der Waals surface area contributed by atoms with Crippen LogP contribution >= 0.6 is 0 Å². The molecule has 1 aromatic rings. The summed E-state index contributed by atoms with van der Waals surface area (Å²) in [6.45, 7) is 4.49. The number of carbonyl (C=O) groups excluding carboxylic acids is 1. The molecule has 0 fully saturated rings. The highest BCUT2D eigenvalue weighted by Gasteiger charge is 2.22. The number of ketones is 1. The number of para-hydroxylation sites is 1. The quantitative estimate of drug-likeness (QED) is 0.785. The highest BCUT2D eigenvalue weighted by Crippen LogP contribution is 2.35. The average molecular weight is 247 g/mol. The van der Waals surface area contributed by atoms with E-state index in [-0.39, 0.29) is 0 Å². The number of ether oxygens (including phenoxy) is 1. The van der Waals surface area contributed by atoms with Gasteiger partial charge >= 0.3 is 0 Å². The Hall–Kier alpha value is -1.35. The van der Waals surface area contributed by atoms with E-state index in [0.29, 0.717) is 24.5 Å². The predicted octanol–water partition coefficient (Wildman–Crippen LogP) is 2.51. The van der Waals surface area contributed by atoms with Gasteiger partial charge in [-0.15, -0.1) is 0 Å². The lowest BCUT2D eigenvalue weighted by atomic mass is 9.88. The largest absolute Gasteiger partial charge is 0.493 e. The van der Waals surface area contributed by atoms with Gasteiger partial charge in [0.2, 0.25) is 0 Å². The van der Waals surface area contributed by atoms with Gasteiger partial charge in [-0.25, -0.2) is 0 Å². The van der Waals surface area contributed by atoms with Gasteiger partial charge in [0.1, 0.15) is 11.5 Å². The zero-order chi connectivity index (χ0) is 12.8. The molecule has 0 bridgehead atoms. The molecule has 1 unspecified atom stereocenters. The van der Waals surface area contributed by atoms with Gasteiger partial charge in [-0.2, -0.15) is 0 Å². The number of fused-ring (bicyclic) bond motifs is 1. The maximum Gasteiger partial charge on any atom is 0.134 e. The van der Waals surface area contributed by atoms with Gasteiger partial charge in [0.25, 0.3) is 0 Å². The molecule has 0 radical (unpaired) electrons. The summed E-state index contributed by atoms with van der Waals surface area (Å²) in [5.74, 6) is 1.63. The van der Waals surface area contributed by atoms with E-state index in [0.717, 1.165) is 31.9 Å².